The minimum Gasteiger partial charge on any atom is -0.352 e. The standard InChI is InChI=1S/C29H37FN6O2/c1-20(2)17-26(29(38)31-24-10-5-4-6-11-24)35(18-23-9-7-8-12-25(23)30)27(37)19-36-33-28(32-34-36)22-15-13-21(3)14-16-22/h7-9,12-16,20,24,26H,4-6,10-11,17-19H2,1-3H3,(H,31,38). The molecule has 8 nitrogen and oxygen atoms in total. The van der Waals surface area contributed by atoms with Gasteiger partial charge in [0.2, 0.25) is 17.6 Å². The lowest BCUT2D eigenvalue weighted by molar-refractivity contribution is -0.143. The lowest BCUT2D eigenvalue weighted by Crippen LogP contribution is -2.53. The van der Waals surface area contributed by atoms with E-state index in [0.29, 0.717) is 17.8 Å². The highest BCUT2D eigenvalue weighted by molar-refractivity contribution is 5.87. The first-order chi connectivity index (χ1) is 18.3. The van der Waals surface area contributed by atoms with Gasteiger partial charge in [0.25, 0.3) is 0 Å². The Bertz CT molecular complexity index is 1220. The predicted octanol–water partition coefficient (Wildman–Crippen LogP) is 4.68. The van der Waals surface area contributed by atoms with Gasteiger partial charge in [0, 0.05) is 23.7 Å². The zero-order valence-corrected chi connectivity index (χ0v) is 22.4. The average Bonchev–Trinajstić information content (AvgIpc) is 3.36. The van der Waals surface area contributed by atoms with Crippen LogP contribution in [-0.4, -0.2) is 49.0 Å². The first kappa shape index (κ1) is 27.4. The average molecular weight is 521 g/mol. The van der Waals surface area contributed by atoms with Gasteiger partial charge in [-0.2, -0.15) is 4.80 Å². The fourth-order valence-electron chi connectivity index (χ4n) is 4.89. The van der Waals surface area contributed by atoms with Crippen LogP contribution in [0, 0.1) is 18.7 Å². The topological polar surface area (TPSA) is 93.0 Å². The smallest absolute Gasteiger partial charge is 0.247 e. The number of nitrogens with zero attached hydrogens (tertiary/aromatic N) is 5. The molecule has 1 aliphatic carbocycles. The van der Waals surface area contributed by atoms with E-state index in [1.54, 1.807) is 18.2 Å². The Morgan fingerprint density at radius 2 is 1.79 bits per heavy atom. The van der Waals surface area contributed by atoms with Crippen LogP contribution in [0.1, 0.15) is 63.5 Å². The van der Waals surface area contributed by atoms with Crippen molar-refractivity contribution in [2.75, 3.05) is 0 Å². The monoisotopic (exact) mass is 520 g/mol. The summed E-state index contributed by atoms with van der Waals surface area (Å²) in [4.78, 5) is 30.0. The van der Waals surface area contributed by atoms with E-state index in [0.717, 1.165) is 36.8 Å². The number of benzene rings is 2. The first-order valence-electron chi connectivity index (χ1n) is 13.5. The highest BCUT2D eigenvalue weighted by atomic mass is 19.1. The van der Waals surface area contributed by atoms with Crippen molar-refractivity contribution in [2.24, 2.45) is 5.92 Å². The second-order valence-electron chi connectivity index (χ2n) is 10.6. The van der Waals surface area contributed by atoms with Gasteiger partial charge in [0.05, 0.1) is 0 Å². The van der Waals surface area contributed by atoms with Gasteiger partial charge in [-0.1, -0.05) is 81.1 Å². The Morgan fingerprint density at radius 1 is 1.08 bits per heavy atom. The van der Waals surface area contributed by atoms with Gasteiger partial charge in [-0.25, -0.2) is 4.39 Å². The van der Waals surface area contributed by atoms with E-state index in [2.05, 4.69) is 20.7 Å². The highest BCUT2D eigenvalue weighted by Gasteiger charge is 2.33. The summed E-state index contributed by atoms with van der Waals surface area (Å²) in [6, 6.07) is 13.4. The zero-order valence-electron chi connectivity index (χ0n) is 22.4. The number of aryl methyl sites for hydroxylation is 1. The molecular weight excluding hydrogens is 483 g/mol. The van der Waals surface area contributed by atoms with Gasteiger partial charge in [0.1, 0.15) is 18.4 Å². The largest absolute Gasteiger partial charge is 0.352 e. The molecule has 1 fully saturated rings. The number of carbonyl (C=O) groups excluding carboxylic acids is 2. The van der Waals surface area contributed by atoms with Gasteiger partial charge in [-0.15, -0.1) is 10.2 Å². The third-order valence-electron chi connectivity index (χ3n) is 6.98. The molecule has 1 aliphatic rings. The maximum Gasteiger partial charge on any atom is 0.247 e. The van der Waals surface area contributed by atoms with E-state index in [1.807, 2.05) is 45.0 Å². The molecule has 1 saturated carbocycles. The molecule has 2 aromatic carbocycles. The highest BCUT2D eigenvalue weighted by Crippen LogP contribution is 2.22. The molecule has 0 bridgehead atoms. The lowest BCUT2D eigenvalue weighted by Gasteiger charge is -2.34. The summed E-state index contributed by atoms with van der Waals surface area (Å²) in [6.07, 6.45) is 5.67. The second-order valence-corrected chi connectivity index (χ2v) is 10.6. The van der Waals surface area contributed by atoms with Crippen molar-refractivity contribution in [1.29, 1.82) is 0 Å². The number of amides is 2. The van der Waals surface area contributed by atoms with Crippen molar-refractivity contribution < 1.29 is 14.0 Å². The molecule has 4 rings (SSSR count). The summed E-state index contributed by atoms with van der Waals surface area (Å²) in [6.45, 7) is 5.78. The minimum absolute atomic E-state index is 0.0273. The van der Waals surface area contributed by atoms with Crippen LogP contribution >= 0.6 is 0 Å². The van der Waals surface area contributed by atoms with Crippen LogP contribution in [0.5, 0.6) is 0 Å². The molecular formula is C29H37FN6O2. The molecule has 1 unspecified atom stereocenters. The van der Waals surface area contributed by atoms with Gasteiger partial charge >= 0.3 is 0 Å². The van der Waals surface area contributed by atoms with Crippen LogP contribution in [0.3, 0.4) is 0 Å². The Labute approximate surface area is 223 Å². The molecule has 9 heteroatoms. The minimum atomic E-state index is -0.746. The number of rotatable bonds is 10. The molecule has 38 heavy (non-hydrogen) atoms. The van der Waals surface area contributed by atoms with Crippen molar-refractivity contribution in [2.45, 2.75) is 84.5 Å². The maximum atomic E-state index is 14.7. The van der Waals surface area contributed by atoms with Crippen molar-refractivity contribution in [1.82, 2.24) is 30.4 Å². The summed E-state index contributed by atoms with van der Waals surface area (Å²) >= 11 is 0. The fourth-order valence-corrected chi connectivity index (χ4v) is 4.89. The van der Waals surface area contributed by atoms with Crippen molar-refractivity contribution in [3.8, 4) is 11.4 Å². The molecule has 3 aromatic rings. The molecule has 1 atom stereocenters. The molecule has 0 spiro atoms. The van der Waals surface area contributed by atoms with E-state index in [4.69, 9.17) is 0 Å². The van der Waals surface area contributed by atoms with Crippen LogP contribution in [0.15, 0.2) is 48.5 Å². The Balaban J connectivity index is 1.59. The number of hydrogen-bond donors (Lipinski definition) is 1. The van der Waals surface area contributed by atoms with E-state index in [-0.39, 0.29) is 36.9 Å². The Morgan fingerprint density at radius 3 is 2.47 bits per heavy atom. The van der Waals surface area contributed by atoms with Crippen molar-refractivity contribution >= 4 is 11.8 Å². The molecule has 2 amide bonds. The van der Waals surface area contributed by atoms with Gasteiger partial charge in [-0.05, 0) is 43.4 Å². The third-order valence-corrected chi connectivity index (χ3v) is 6.98. The SMILES string of the molecule is Cc1ccc(-c2nnn(CC(=O)N(Cc3ccccc3F)C(CC(C)C)C(=O)NC3CCCCC3)n2)cc1. The number of hydrogen-bond acceptors (Lipinski definition) is 5. The number of aromatic nitrogens is 4. The molecule has 1 heterocycles. The molecule has 0 aliphatic heterocycles. The van der Waals surface area contributed by atoms with E-state index < -0.39 is 11.9 Å². The van der Waals surface area contributed by atoms with Crippen LogP contribution < -0.4 is 5.32 Å². The summed E-state index contributed by atoms with van der Waals surface area (Å²) in [5.41, 5.74) is 2.26. The van der Waals surface area contributed by atoms with Crippen LogP contribution in [0.2, 0.25) is 0 Å². The van der Waals surface area contributed by atoms with Gasteiger partial charge in [0.15, 0.2) is 0 Å². The van der Waals surface area contributed by atoms with E-state index in [1.165, 1.54) is 22.2 Å². The molecule has 0 saturated heterocycles. The quantitative estimate of drug-likeness (QED) is 0.419. The van der Waals surface area contributed by atoms with Crippen LogP contribution in [0.25, 0.3) is 11.4 Å². The van der Waals surface area contributed by atoms with Crippen molar-refractivity contribution in [3.05, 3.63) is 65.5 Å². The number of tetrazole rings is 1. The zero-order chi connectivity index (χ0) is 27.1. The molecule has 0 radical (unpaired) electrons. The van der Waals surface area contributed by atoms with Gasteiger partial charge < -0.3 is 10.2 Å². The normalized spacial score (nSPS) is 14.9. The number of halogens is 1. The Hall–Kier alpha value is -3.62. The van der Waals surface area contributed by atoms with E-state index >= 15 is 0 Å². The summed E-state index contributed by atoms with van der Waals surface area (Å²) < 4.78 is 14.7. The van der Waals surface area contributed by atoms with Gasteiger partial charge in [-0.3, -0.25) is 9.59 Å². The predicted molar refractivity (Wildman–Crippen MR) is 143 cm³/mol. The summed E-state index contributed by atoms with van der Waals surface area (Å²) in [5.74, 6) is -0.424. The molecule has 1 N–H and O–H groups in total. The third kappa shape index (κ3) is 7.24. The summed E-state index contributed by atoms with van der Waals surface area (Å²) in [7, 11) is 0. The van der Waals surface area contributed by atoms with Crippen molar-refractivity contribution in [3.63, 3.8) is 0 Å². The number of carbonyl (C=O) groups is 2. The molecule has 1 aromatic heterocycles. The fraction of sp³-hybridized carbons (Fsp3) is 0.483. The molecule has 202 valence electrons. The number of nitrogens with one attached hydrogen (secondary N) is 1. The summed E-state index contributed by atoms with van der Waals surface area (Å²) in [5, 5.41) is 15.7. The Kier molecular flexibility index (Phi) is 9.20. The second kappa shape index (κ2) is 12.8. The first-order valence-corrected chi connectivity index (χ1v) is 13.5. The van der Waals surface area contributed by atoms with Crippen LogP contribution in [-0.2, 0) is 22.7 Å². The van der Waals surface area contributed by atoms with E-state index in [9.17, 15) is 14.0 Å². The lowest BCUT2D eigenvalue weighted by atomic mass is 9.94. The maximum absolute atomic E-state index is 14.7. The van der Waals surface area contributed by atoms with Crippen LogP contribution in [0.4, 0.5) is 4.39 Å².